The lowest BCUT2D eigenvalue weighted by atomic mass is 10.3. The highest BCUT2D eigenvalue weighted by molar-refractivity contribution is 5.85. The fourth-order valence-corrected chi connectivity index (χ4v) is 0.152. The highest BCUT2D eigenvalue weighted by Gasteiger charge is 1.95. The smallest absolute Gasteiger partial charge is 0.320 e. The normalized spacial score (nSPS) is 10.2. The van der Waals surface area contributed by atoms with Crippen LogP contribution in [-0.2, 0) is 4.79 Å². The van der Waals surface area contributed by atoms with E-state index in [0.717, 1.165) is 6.20 Å². The molecule has 0 saturated heterocycles. The van der Waals surface area contributed by atoms with Crippen LogP contribution in [0.5, 0.6) is 0 Å². The molecule has 3 nitrogen and oxygen atoms in total. The summed E-state index contributed by atoms with van der Waals surface area (Å²) in [6.07, 6.45) is 0.975. The number of carbonyl (C=O) groups is 1. The van der Waals surface area contributed by atoms with Crippen LogP contribution >= 0.6 is 0 Å². The molecule has 0 heterocycles. The van der Waals surface area contributed by atoms with Gasteiger partial charge in [-0.3, -0.25) is 0 Å². The third-order valence-corrected chi connectivity index (χ3v) is 0.596. The first kappa shape index (κ1) is 6.70. The fraction of sp³-hybridized carbons (Fsp3) is 0.200. The lowest BCUT2D eigenvalue weighted by Gasteiger charge is -1.83. The second-order valence-corrected chi connectivity index (χ2v) is 1.25. The Hall–Kier alpha value is -1.30. The Bertz CT molecular complexity index is 164. The Morgan fingerprint density at radius 3 is 2.50 bits per heavy atom. The quantitative estimate of drug-likeness (QED) is 0.403. The van der Waals surface area contributed by atoms with Crippen molar-refractivity contribution in [3.63, 3.8) is 0 Å². The maximum atomic E-state index is 9.88. The zero-order valence-corrected chi connectivity index (χ0v) is 4.38. The molecule has 3 heteroatoms. The molecule has 8 heavy (non-hydrogen) atoms. The van der Waals surface area contributed by atoms with Crippen LogP contribution in [0.3, 0.4) is 0 Å². The van der Waals surface area contributed by atoms with Crippen molar-refractivity contribution in [3.05, 3.63) is 23.2 Å². The molecule has 0 aliphatic rings. The molecule has 0 radical (unpaired) electrons. The standard InChI is InChI=1S/C5H5NO2/c1-4(3-6-2)5(7)8/h3H,1H3,(H,7,8)/b4-3+. The number of rotatable bonds is 1. The highest BCUT2D eigenvalue weighted by Crippen LogP contribution is 1.90. The second-order valence-electron chi connectivity index (χ2n) is 1.25. The van der Waals surface area contributed by atoms with Crippen LogP contribution in [0.25, 0.3) is 4.85 Å². The van der Waals surface area contributed by atoms with Gasteiger partial charge in [-0.25, -0.2) is 9.64 Å². The van der Waals surface area contributed by atoms with E-state index in [2.05, 4.69) is 4.85 Å². The van der Waals surface area contributed by atoms with Gasteiger partial charge < -0.3 is 5.11 Å². The van der Waals surface area contributed by atoms with E-state index >= 15 is 0 Å². The molecule has 42 valence electrons. The summed E-state index contributed by atoms with van der Waals surface area (Å²) in [5.41, 5.74) is 0.0694. The third kappa shape index (κ3) is 1.98. The van der Waals surface area contributed by atoms with Crippen molar-refractivity contribution in [1.29, 1.82) is 0 Å². The Morgan fingerprint density at radius 1 is 1.88 bits per heavy atom. The SMILES string of the molecule is [C-]#[N+]/C=C(\C)C(=O)O. The van der Waals surface area contributed by atoms with E-state index in [-0.39, 0.29) is 5.57 Å². The van der Waals surface area contributed by atoms with Crippen LogP contribution in [0, 0.1) is 6.57 Å². The van der Waals surface area contributed by atoms with Gasteiger partial charge >= 0.3 is 5.97 Å². The average Bonchev–Trinajstić information content (AvgIpc) is 1.67. The summed E-state index contributed by atoms with van der Waals surface area (Å²) < 4.78 is 0. The Labute approximate surface area is 47.1 Å². The third-order valence-electron chi connectivity index (χ3n) is 0.596. The topological polar surface area (TPSA) is 41.7 Å². The number of carboxylic acids is 1. The lowest BCUT2D eigenvalue weighted by molar-refractivity contribution is -0.132. The van der Waals surface area contributed by atoms with E-state index in [1.807, 2.05) is 0 Å². The van der Waals surface area contributed by atoms with Gasteiger partial charge in [0.1, 0.15) is 0 Å². The summed E-state index contributed by atoms with van der Waals surface area (Å²) in [6.45, 7) is 7.59. The largest absolute Gasteiger partial charge is 0.479 e. The molecule has 0 aromatic rings. The van der Waals surface area contributed by atoms with Gasteiger partial charge in [0.15, 0.2) is 6.20 Å². The summed E-state index contributed by atoms with van der Waals surface area (Å²) in [5.74, 6) is -1.04. The van der Waals surface area contributed by atoms with Crippen LogP contribution in [0.2, 0.25) is 0 Å². The van der Waals surface area contributed by atoms with Crippen LogP contribution < -0.4 is 0 Å². The van der Waals surface area contributed by atoms with Crippen molar-refractivity contribution in [3.8, 4) is 0 Å². The van der Waals surface area contributed by atoms with Gasteiger partial charge in [-0.05, 0) is 6.92 Å². The molecule has 0 unspecified atom stereocenters. The summed E-state index contributed by atoms with van der Waals surface area (Å²) in [6, 6.07) is 0. The van der Waals surface area contributed by atoms with Crippen LogP contribution in [0.15, 0.2) is 11.8 Å². The van der Waals surface area contributed by atoms with Gasteiger partial charge in [0, 0.05) is 5.57 Å². The van der Waals surface area contributed by atoms with Crippen LogP contribution in [0.1, 0.15) is 6.92 Å². The van der Waals surface area contributed by atoms with Gasteiger partial charge in [-0.2, -0.15) is 0 Å². The maximum absolute atomic E-state index is 9.88. The number of carboxylic acid groups (broad SMARTS) is 1. The molecule has 0 fully saturated rings. The highest BCUT2D eigenvalue weighted by atomic mass is 16.4. The molecule has 1 N–H and O–H groups in total. The van der Waals surface area contributed by atoms with E-state index in [1.165, 1.54) is 6.92 Å². The minimum Gasteiger partial charge on any atom is -0.479 e. The Balaban J connectivity index is 4.06. The second kappa shape index (κ2) is 2.80. The molecule has 0 amide bonds. The predicted molar refractivity (Wildman–Crippen MR) is 28.0 cm³/mol. The maximum Gasteiger partial charge on any atom is 0.320 e. The number of nitrogens with zero attached hydrogens (tertiary/aromatic N) is 1. The zero-order valence-electron chi connectivity index (χ0n) is 4.38. The van der Waals surface area contributed by atoms with Crippen LogP contribution in [0.4, 0.5) is 0 Å². The first-order valence-corrected chi connectivity index (χ1v) is 1.95. The molecule has 0 aliphatic heterocycles. The van der Waals surface area contributed by atoms with E-state index in [1.54, 1.807) is 0 Å². The summed E-state index contributed by atoms with van der Waals surface area (Å²) in [5, 5.41) is 8.10. The summed E-state index contributed by atoms with van der Waals surface area (Å²) in [7, 11) is 0. The number of hydrogen-bond acceptors (Lipinski definition) is 1. The number of hydrogen-bond donors (Lipinski definition) is 1. The number of aliphatic carboxylic acids is 1. The molecule has 0 spiro atoms. The van der Waals surface area contributed by atoms with Gasteiger partial charge in [0.2, 0.25) is 0 Å². The van der Waals surface area contributed by atoms with E-state index in [4.69, 9.17) is 11.7 Å². The first-order chi connectivity index (χ1) is 3.68. The minimum atomic E-state index is -1.04. The molecule has 0 saturated carbocycles. The summed E-state index contributed by atoms with van der Waals surface area (Å²) in [4.78, 5) is 12.6. The van der Waals surface area contributed by atoms with E-state index < -0.39 is 5.97 Å². The van der Waals surface area contributed by atoms with Crippen molar-refractivity contribution in [1.82, 2.24) is 0 Å². The van der Waals surface area contributed by atoms with E-state index in [9.17, 15) is 4.79 Å². The molecule has 0 aromatic heterocycles. The molecular weight excluding hydrogens is 106 g/mol. The van der Waals surface area contributed by atoms with Crippen molar-refractivity contribution in [2.75, 3.05) is 0 Å². The van der Waals surface area contributed by atoms with Gasteiger partial charge in [-0.15, -0.1) is 0 Å². The fourth-order valence-electron chi connectivity index (χ4n) is 0.152. The molecule has 0 rings (SSSR count). The predicted octanol–water partition coefficient (Wildman–Crippen LogP) is 0.894. The Kier molecular flexibility index (Phi) is 2.35. The van der Waals surface area contributed by atoms with Gasteiger partial charge in [0.05, 0.1) is 6.57 Å². The minimum absolute atomic E-state index is 0.0694. The summed E-state index contributed by atoms with van der Waals surface area (Å²) >= 11 is 0. The van der Waals surface area contributed by atoms with E-state index in [0.29, 0.717) is 0 Å². The van der Waals surface area contributed by atoms with Crippen LogP contribution in [-0.4, -0.2) is 11.1 Å². The average molecular weight is 111 g/mol. The van der Waals surface area contributed by atoms with Crippen molar-refractivity contribution in [2.45, 2.75) is 6.92 Å². The molecule has 0 aromatic carbocycles. The molecular formula is C5H5NO2. The van der Waals surface area contributed by atoms with Crippen molar-refractivity contribution < 1.29 is 9.90 Å². The lowest BCUT2D eigenvalue weighted by Crippen LogP contribution is -1.93. The van der Waals surface area contributed by atoms with Crippen molar-refractivity contribution >= 4 is 5.97 Å². The van der Waals surface area contributed by atoms with Crippen molar-refractivity contribution in [2.24, 2.45) is 0 Å². The molecule has 0 atom stereocenters. The molecule has 0 bridgehead atoms. The zero-order chi connectivity index (χ0) is 6.57. The molecule has 0 aliphatic carbocycles. The first-order valence-electron chi connectivity index (χ1n) is 1.95. The van der Waals surface area contributed by atoms with Gasteiger partial charge in [-0.1, -0.05) is 0 Å². The Morgan fingerprint density at radius 2 is 2.38 bits per heavy atom. The monoisotopic (exact) mass is 111 g/mol. The van der Waals surface area contributed by atoms with Gasteiger partial charge in [0.25, 0.3) is 0 Å².